The van der Waals surface area contributed by atoms with Crippen LogP contribution in [0.4, 0.5) is 5.69 Å². The van der Waals surface area contributed by atoms with Gasteiger partial charge in [0.2, 0.25) is 0 Å². The summed E-state index contributed by atoms with van der Waals surface area (Å²) < 4.78 is 10.7. The van der Waals surface area contributed by atoms with Crippen LogP contribution in [-0.2, 0) is 19.1 Å². The molecule has 1 aliphatic rings. The smallest absolute Gasteiger partial charge is 0.355 e. The van der Waals surface area contributed by atoms with Gasteiger partial charge in [-0.3, -0.25) is 10.00 Å². The highest BCUT2D eigenvalue weighted by atomic mass is 79.9. The Bertz CT molecular complexity index is 1370. The van der Waals surface area contributed by atoms with Crippen LogP contribution in [0, 0.1) is 11.3 Å². The van der Waals surface area contributed by atoms with Gasteiger partial charge in [0.1, 0.15) is 16.1 Å². The lowest BCUT2D eigenvalue weighted by Crippen LogP contribution is -2.40. The Morgan fingerprint density at radius 2 is 1.85 bits per heavy atom. The molecule has 1 unspecified atom stereocenters. The van der Waals surface area contributed by atoms with Crippen molar-refractivity contribution in [2.24, 2.45) is 5.73 Å². The summed E-state index contributed by atoms with van der Waals surface area (Å²) >= 11 is 3.40. The van der Waals surface area contributed by atoms with Crippen molar-refractivity contribution in [3.63, 3.8) is 0 Å². The highest BCUT2D eigenvalue weighted by Crippen LogP contribution is 2.43. The van der Waals surface area contributed by atoms with E-state index in [9.17, 15) is 14.9 Å². The number of hydrogen-bond acceptors (Lipinski definition) is 8. The Balaban J connectivity index is 2.07. The third kappa shape index (κ3) is 3.62. The second-order valence-electron chi connectivity index (χ2n) is 7.07. The Hall–Kier alpha value is -4.10. The van der Waals surface area contributed by atoms with E-state index < -0.39 is 17.9 Å². The number of H-pyrrole nitrogens is 1. The van der Waals surface area contributed by atoms with Crippen molar-refractivity contribution in [2.45, 2.75) is 5.92 Å². The SMILES string of the molecule is COC(=O)C1=C(C(=O)OC)N(c2ccc3n[nH]c(Br)c3c2)C(N)=C(C#N)C1c1ccccc1. The second kappa shape index (κ2) is 8.80. The van der Waals surface area contributed by atoms with Gasteiger partial charge in [0, 0.05) is 11.1 Å². The fourth-order valence-electron chi connectivity index (χ4n) is 3.89. The van der Waals surface area contributed by atoms with E-state index in [1.807, 2.05) is 0 Å². The number of methoxy groups -OCH3 is 2. The van der Waals surface area contributed by atoms with Gasteiger partial charge in [-0.1, -0.05) is 30.3 Å². The van der Waals surface area contributed by atoms with Crippen LogP contribution in [0.2, 0.25) is 0 Å². The molecule has 0 spiro atoms. The predicted molar refractivity (Wildman–Crippen MR) is 123 cm³/mol. The lowest BCUT2D eigenvalue weighted by Gasteiger charge is -2.35. The minimum absolute atomic E-state index is 0.00151. The zero-order valence-electron chi connectivity index (χ0n) is 17.6. The van der Waals surface area contributed by atoms with Gasteiger partial charge in [0.15, 0.2) is 0 Å². The molecule has 166 valence electrons. The number of esters is 2. The molecule has 0 aliphatic carbocycles. The minimum Gasteiger partial charge on any atom is -0.466 e. The second-order valence-corrected chi connectivity index (χ2v) is 7.87. The fourth-order valence-corrected chi connectivity index (χ4v) is 4.29. The molecule has 0 fully saturated rings. The summed E-state index contributed by atoms with van der Waals surface area (Å²) in [5, 5.41) is 17.8. The summed E-state index contributed by atoms with van der Waals surface area (Å²) in [6.45, 7) is 0. The van der Waals surface area contributed by atoms with Crippen LogP contribution >= 0.6 is 15.9 Å². The number of benzene rings is 2. The minimum atomic E-state index is -0.918. The molecule has 1 aromatic heterocycles. The predicted octanol–water partition coefficient (Wildman–Crippen LogP) is 3.22. The summed E-state index contributed by atoms with van der Waals surface area (Å²) in [5.74, 6) is -2.50. The zero-order chi connectivity index (χ0) is 23.7. The molecule has 0 saturated heterocycles. The molecule has 3 N–H and O–H groups in total. The first kappa shape index (κ1) is 22.1. The quantitative estimate of drug-likeness (QED) is 0.513. The number of nitriles is 1. The van der Waals surface area contributed by atoms with Crippen molar-refractivity contribution in [1.82, 2.24) is 10.2 Å². The fraction of sp³-hybridized carbons (Fsp3) is 0.130. The van der Waals surface area contributed by atoms with Crippen molar-refractivity contribution in [3.05, 3.63) is 81.4 Å². The van der Waals surface area contributed by atoms with Gasteiger partial charge >= 0.3 is 11.9 Å². The number of anilines is 1. The monoisotopic (exact) mass is 507 g/mol. The van der Waals surface area contributed by atoms with E-state index in [0.29, 0.717) is 26.8 Å². The molecule has 0 radical (unpaired) electrons. The number of hydrogen-bond donors (Lipinski definition) is 2. The van der Waals surface area contributed by atoms with E-state index in [1.54, 1.807) is 48.5 Å². The van der Waals surface area contributed by atoms with Crippen LogP contribution in [0.5, 0.6) is 0 Å². The molecule has 0 amide bonds. The summed E-state index contributed by atoms with van der Waals surface area (Å²) in [5.41, 5.74) is 8.12. The lowest BCUT2D eigenvalue weighted by molar-refractivity contribution is -0.139. The van der Waals surface area contributed by atoms with E-state index in [4.69, 9.17) is 15.2 Å². The molecule has 0 bridgehead atoms. The Morgan fingerprint density at radius 3 is 2.48 bits per heavy atom. The number of nitrogens with one attached hydrogen (secondary N) is 1. The number of fused-ring (bicyclic) bond motifs is 1. The van der Waals surface area contributed by atoms with Gasteiger partial charge in [-0.25, -0.2) is 9.59 Å². The third-order valence-electron chi connectivity index (χ3n) is 5.36. The van der Waals surface area contributed by atoms with Crippen LogP contribution < -0.4 is 10.6 Å². The van der Waals surface area contributed by atoms with Gasteiger partial charge in [0.05, 0.1) is 42.9 Å². The standard InChI is InChI=1S/C23H18BrN5O4/c1-32-22(30)18-17(12-6-4-3-5-7-12)15(11-25)21(26)29(19(18)23(31)33-2)13-8-9-16-14(10-13)20(24)28-27-16/h3-10,17H,26H2,1-2H3,(H,27,28). The molecule has 2 heterocycles. The highest BCUT2D eigenvalue weighted by molar-refractivity contribution is 9.10. The third-order valence-corrected chi connectivity index (χ3v) is 5.96. The first-order valence-electron chi connectivity index (χ1n) is 9.72. The average molecular weight is 508 g/mol. The van der Waals surface area contributed by atoms with Crippen LogP contribution in [0.3, 0.4) is 0 Å². The number of aromatic nitrogens is 2. The molecule has 1 atom stereocenters. The molecule has 9 nitrogen and oxygen atoms in total. The number of nitrogens with zero attached hydrogens (tertiary/aromatic N) is 3. The van der Waals surface area contributed by atoms with Gasteiger partial charge in [0.25, 0.3) is 0 Å². The van der Waals surface area contributed by atoms with E-state index in [-0.39, 0.29) is 22.7 Å². The number of carbonyl (C=O) groups is 2. The Morgan fingerprint density at radius 1 is 1.15 bits per heavy atom. The van der Waals surface area contributed by atoms with Gasteiger partial charge in [-0.2, -0.15) is 10.4 Å². The first-order chi connectivity index (χ1) is 15.9. The number of rotatable bonds is 4. The average Bonchev–Trinajstić information content (AvgIpc) is 3.22. The first-order valence-corrected chi connectivity index (χ1v) is 10.5. The number of halogens is 1. The topological polar surface area (TPSA) is 134 Å². The molecule has 33 heavy (non-hydrogen) atoms. The lowest BCUT2D eigenvalue weighted by atomic mass is 9.81. The van der Waals surface area contributed by atoms with E-state index in [2.05, 4.69) is 32.2 Å². The van der Waals surface area contributed by atoms with Crippen molar-refractivity contribution in [3.8, 4) is 6.07 Å². The number of ether oxygens (including phenoxy) is 2. The molecule has 10 heteroatoms. The Labute approximate surface area is 197 Å². The van der Waals surface area contributed by atoms with Crippen LogP contribution in [-0.4, -0.2) is 36.4 Å². The molecular formula is C23H18BrN5O4. The van der Waals surface area contributed by atoms with Crippen LogP contribution in [0.15, 0.2) is 75.8 Å². The summed E-state index contributed by atoms with van der Waals surface area (Å²) in [4.78, 5) is 27.4. The number of nitrogens with two attached hydrogens (primary N) is 1. The molecule has 4 rings (SSSR count). The molecule has 0 saturated carbocycles. The van der Waals surface area contributed by atoms with Gasteiger partial charge in [-0.15, -0.1) is 0 Å². The maximum atomic E-state index is 13.1. The van der Waals surface area contributed by atoms with E-state index in [0.717, 1.165) is 0 Å². The highest BCUT2D eigenvalue weighted by Gasteiger charge is 2.43. The van der Waals surface area contributed by atoms with Crippen LogP contribution in [0.1, 0.15) is 11.5 Å². The summed E-state index contributed by atoms with van der Waals surface area (Å²) in [6, 6.07) is 16.1. The molecule has 3 aromatic rings. The Kier molecular flexibility index (Phi) is 5.89. The van der Waals surface area contributed by atoms with Crippen molar-refractivity contribution in [1.29, 1.82) is 5.26 Å². The number of carbonyl (C=O) groups excluding carboxylic acids is 2. The number of allylic oxidation sites excluding steroid dienone is 1. The zero-order valence-corrected chi connectivity index (χ0v) is 19.2. The molecule has 2 aromatic carbocycles. The summed E-state index contributed by atoms with van der Waals surface area (Å²) in [7, 11) is 2.41. The van der Waals surface area contributed by atoms with Crippen molar-refractivity contribution >= 4 is 44.5 Å². The maximum absolute atomic E-state index is 13.1. The molecular weight excluding hydrogens is 490 g/mol. The van der Waals surface area contributed by atoms with E-state index in [1.165, 1.54) is 19.1 Å². The van der Waals surface area contributed by atoms with Gasteiger partial charge in [-0.05, 0) is 39.7 Å². The largest absolute Gasteiger partial charge is 0.466 e. The van der Waals surface area contributed by atoms with Crippen LogP contribution in [0.25, 0.3) is 10.9 Å². The molecule has 1 aliphatic heterocycles. The van der Waals surface area contributed by atoms with Crippen molar-refractivity contribution in [2.75, 3.05) is 19.1 Å². The maximum Gasteiger partial charge on any atom is 0.355 e. The van der Waals surface area contributed by atoms with E-state index >= 15 is 0 Å². The van der Waals surface area contributed by atoms with Crippen molar-refractivity contribution < 1.29 is 19.1 Å². The van der Waals surface area contributed by atoms with Gasteiger partial charge < -0.3 is 15.2 Å². The number of aromatic amines is 1. The summed E-state index contributed by atoms with van der Waals surface area (Å²) in [6.07, 6.45) is 0. The normalized spacial score (nSPS) is 16.1.